The fourth-order valence-corrected chi connectivity index (χ4v) is 2.44. The van der Waals surface area contributed by atoms with Crippen molar-refractivity contribution in [1.29, 1.82) is 0 Å². The minimum Gasteiger partial charge on any atom is -0.508 e. The molecule has 0 atom stereocenters. The van der Waals surface area contributed by atoms with E-state index in [4.69, 9.17) is 14.3 Å². The Morgan fingerprint density at radius 2 is 1.58 bits per heavy atom. The highest BCUT2D eigenvalue weighted by molar-refractivity contribution is 7.39. The minimum absolute atomic E-state index is 0.270. The number of phenols is 1. The number of hydrogen-bond acceptors (Lipinski definition) is 4. The lowest BCUT2D eigenvalue weighted by Crippen LogP contribution is -2.00. The van der Waals surface area contributed by atoms with Crippen molar-refractivity contribution in [1.82, 2.24) is 0 Å². The molecule has 1 rings (SSSR count). The van der Waals surface area contributed by atoms with Gasteiger partial charge in [0.25, 0.3) is 0 Å². The quantitative estimate of drug-likeness (QED) is 0.638. The molecule has 0 aliphatic heterocycles. The molecule has 1 aromatic rings. The first-order chi connectivity index (χ1) is 9.10. The van der Waals surface area contributed by atoms with Gasteiger partial charge in [0.1, 0.15) is 11.5 Å². The second-order valence-corrected chi connectivity index (χ2v) is 5.28. The summed E-state index contributed by atoms with van der Waals surface area (Å²) in [7, 11) is -2.42. The van der Waals surface area contributed by atoms with Gasteiger partial charge >= 0.3 is 8.60 Å². The largest absolute Gasteiger partial charge is 0.508 e. The second-order valence-electron chi connectivity index (χ2n) is 4.59. The third kappa shape index (κ3) is 4.98. The molecule has 0 aromatic heterocycles. The Hall–Kier alpha value is -0.830. The van der Waals surface area contributed by atoms with Crippen LogP contribution in [0.2, 0.25) is 0 Å². The zero-order valence-electron chi connectivity index (χ0n) is 11.6. The summed E-state index contributed by atoms with van der Waals surface area (Å²) in [6.07, 6.45) is 5.62. The molecular formula is C14H23O4P. The van der Waals surface area contributed by atoms with Crippen LogP contribution >= 0.6 is 8.60 Å². The molecular weight excluding hydrogens is 263 g/mol. The van der Waals surface area contributed by atoms with Crippen LogP contribution in [-0.4, -0.2) is 14.9 Å². The molecule has 0 saturated heterocycles. The number of unbranched alkanes of at least 4 members (excludes halogenated alkanes) is 2. The first-order valence-electron chi connectivity index (χ1n) is 6.79. The van der Waals surface area contributed by atoms with E-state index in [2.05, 4.69) is 13.8 Å². The lowest BCUT2D eigenvalue weighted by Gasteiger charge is -2.16. The van der Waals surface area contributed by atoms with E-state index in [0.29, 0.717) is 5.75 Å². The van der Waals surface area contributed by atoms with E-state index in [-0.39, 0.29) is 5.75 Å². The summed E-state index contributed by atoms with van der Waals surface area (Å²) in [5.41, 5.74) is 1.79. The van der Waals surface area contributed by atoms with Crippen molar-refractivity contribution in [2.24, 2.45) is 0 Å². The van der Waals surface area contributed by atoms with Gasteiger partial charge in [-0.1, -0.05) is 26.7 Å². The molecule has 0 radical (unpaired) electrons. The van der Waals surface area contributed by atoms with E-state index in [1.807, 2.05) is 0 Å². The van der Waals surface area contributed by atoms with E-state index >= 15 is 0 Å². The molecule has 4 nitrogen and oxygen atoms in total. The van der Waals surface area contributed by atoms with Crippen LogP contribution < -0.4 is 4.52 Å². The Morgan fingerprint density at radius 3 is 2.11 bits per heavy atom. The molecule has 19 heavy (non-hydrogen) atoms. The van der Waals surface area contributed by atoms with Gasteiger partial charge in [-0.05, 0) is 37.8 Å². The van der Waals surface area contributed by atoms with Crippen molar-refractivity contribution >= 4 is 8.60 Å². The molecule has 0 spiro atoms. The van der Waals surface area contributed by atoms with Crippen LogP contribution in [0.15, 0.2) is 12.1 Å². The summed E-state index contributed by atoms with van der Waals surface area (Å²) < 4.78 is 5.08. The molecule has 1 aromatic carbocycles. The lowest BCUT2D eigenvalue weighted by molar-refractivity contribution is 0.372. The molecule has 0 amide bonds. The highest BCUT2D eigenvalue weighted by atomic mass is 31.2. The van der Waals surface area contributed by atoms with Gasteiger partial charge in [0.2, 0.25) is 0 Å². The van der Waals surface area contributed by atoms with Crippen molar-refractivity contribution in [3.8, 4) is 11.5 Å². The Balaban J connectivity index is 3.08. The van der Waals surface area contributed by atoms with E-state index in [0.717, 1.165) is 49.7 Å². The van der Waals surface area contributed by atoms with Gasteiger partial charge < -0.3 is 19.4 Å². The van der Waals surface area contributed by atoms with E-state index in [1.54, 1.807) is 12.1 Å². The number of hydrogen-bond donors (Lipinski definition) is 3. The molecule has 5 heteroatoms. The van der Waals surface area contributed by atoms with Crippen LogP contribution in [0.25, 0.3) is 0 Å². The van der Waals surface area contributed by atoms with Gasteiger partial charge in [-0.3, -0.25) is 0 Å². The maximum atomic E-state index is 10.0. The van der Waals surface area contributed by atoms with Crippen LogP contribution in [0.4, 0.5) is 0 Å². The number of phenolic OH excluding ortho intramolecular Hbond substituents is 1. The second kappa shape index (κ2) is 8.36. The first kappa shape index (κ1) is 16.2. The van der Waals surface area contributed by atoms with Gasteiger partial charge in [0.15, 0.2) is 0 Å². The van der Waals surface area contributed by atoms with Crippen molar-refractivity contribution in [2.45, 2.75) is 52.4 Å². The van der Waals surface area contributed by atoms with E-state index in [9.17, 15) is 5.11 Å². The smallest absolute Gasteiger partial charge is 0.391 e. The van der Waals surface area contributed by atoms with Crippen molar-refractivity contribution < 1.29 is 19.4 Å². The lowest BCUT2D eigenvalue weighted by atomic mass is 9.96. The topological polar surface area (TPSA) is 69.9 Å². The predicted molar refractivity (Wildman–Crippen MR) is 77.3 cm³/mol. The molecule has 3 N–H and O–H groups in total. The number of rotatable bonds is 8. The third-order valence-corrected chi connectivity index (χ3v) is 3.46. The first-order valence-corrected chi connectivity index (χ1v) is 7.96. The highest BCUT2D eigenvalue weighted by Crippen LogP contribution is 2.37. The Labute approximate surface area is 116 Å². The Kier molecular flexibility index (Phi) is 7.14. The van der Waals surface area contributed by atoms with Gasteiger partial charge in [0.05, 0.1) is 0 Å². The van der Waals surface area contributed by atoms with Crippen molar-refractivity contribution in [3.05, 3.63) is 23.3 Å². The zero-order valence-corrected chi connectivity index (χ0v) is 12.5. The average molecular weight is 286 g/mol. The molecule has 0 aliphatic rings. The number of aromatic hydroxyl groups is 1. The van der Waals surface area contributed by atoms with Crippen LogP contribution in [0.3, 0.4) is 0 Å². The molecule has 0 unspecified atom stereocenters. The SMILES string of the molecule is CCCCc1c(O)ccc(OP(O)O)c1CCCC. The van der Waals surface area contributed by atoms with Gasteiger partial charge in [-0.15, -0.1) is 0 Å². The molecule has 0 heterocycles. The molecule has 0 aliphatic carbocycles. The summed E-state index contributed by atoms with van der Waals surface area (Å²) >= 11 is 0. The van der Waals surface area contributed by atoms with Crippen LogP contribution in [0.1, 0.15) is 50.7 Å². The summed E-state index contributed by atoms with van der Waals surface area (Å²) in [6.45, 7) is 4.20. The fraction of sp³-hybridized carbons (Fsp3) is 0.571. The Morgan fingerprint density at radius 1 is 1.00 bits per heavy atom. The van der Waals surface area contributed by atoms with Crippen LogP contribution in [0.5, 0.6) is 11.5 Å². The molecule has 0 bridgehead atoms. The van der Waals surface area contributed by atoms with E-state index in [1.165, 1.54) is 0 Å². The monoisotopic (exact) mass is 286 g/mol. The van der Waals surface area contributed by atoms with Gasteiger partial charge in [0, 0.05) is 11.1 Å². The van der Waals surface area contributed by atoms with Crippen molar-refractivity contribution in [3.63, 3.8) is 0 Å². The van der Waals surface area contributed by atoms with Crippen LogP contribution in [0, 0.1) is 0 Å². The maximum absolute atomic E-state index is 10.0. The molecule has 0 saturated carbocycles. The Bertz CT molecular complexity index is 393. The molecule has 108 valence electrons. The molecule has 0 fully saturated rings. The summed E-state index contributed by atoms with van der Waals surface area (Å²) in [5, 5.41) is 10.0. The fourth-order valence-electron chi connectivity index (χ4n) is 2.09. The third-order valence-electron chi connectivity index (χ3n) is 3.10. The number of benzene rings is 1. The summed E-state index contributed by atoms with van der Waals surface area (Å²) in [6, 6.07) is 3.17. The maximum Gasteiger partial charge on any atom is 0.391 e. The predicted octanol–water partition coefficient (Wildman–Crippen LogP) is 3.67. The average Bonchev–Trinajstić information content (AvgIpc) is 2.37. The van der Waals surface area contributed by atoms with Gasteiger partial charge in [-0.2, -0.15) is 0 Å². The van der Waals surface area contributed by atoms with E-state index < -0.39 is 8.60 Å². The van der Waals surface area contributed by atoms with Crippen molar-refractivity contribution in [2.75, 3.05) is 0 Å². The zero-order chi connectivity index (χ0) is 14.3. The standard InChI is InChI=1S/C14H23O4P/c1-3-5-7-11-12(8-6-4-2)14(18-19(16)17)10-9-13(11)15/h9-10,15-17H,3-8H2,1-2H3. The van der Waals surface area contributed by atoms with Gasteiger partial charge in [-0.25, -0.2) is 0 Å². The minimum atomic E-state index is -2.42. The van der Waals surface area contributed by atoms with Crippen LogP contribution in [-0.2, 0) is 12.8 Å². The summed E-state index contributed by atoms with van der Waals surface area (Å²) in [5.74, 6) is 0.751. The normalized spacial score (nSPS) is 11.0. The summed E-state index contributed by atoms with van der Waals surface area (Å²) in [4.78, 5) is 18.1. The highest BCUT2D eigenvalue weighted by Gasteiger charge is 2.15.